The van der Waals surface area contributed by atoms with Crippen molar-refractivity contribution in [2.45, 2.75) is 0 Å². The Morgan fingerprint density at radius 2 is 1.95 bits per heavy atom. The number of nitriles is 1. The normalized spacial score (nSPS) is 9.71. The molecule has 0 N–H and O–H groups in total. The Bertz CT molecular complexity index is 763. The van der Waals surface area contributed by atoms with Crippen molar-refractivity contribution in [1.29, 1.82) is 5.26 Å². The molecule has 0 amide bonds. The van der Waals surface area contributed by atoms with E-state index in [1.807, 2.05) is 6.07 Å². The first kappa shape index (κ1) is 14.2. The van der Waals surface area contributed by atoms with E-state index in [0.29, 0.717) is 11.1 Å². The number of nitro benzene ring substituents is 1. The Morgan fingerprint density at radius 3 is 2.57 bits per heavy atom. The first-order valence-electron chi connectivity index (χ1n) is 5.94. The van der Waals surface area contributed by atoms with E-state index in [2.05, 4.69) is 4.74 Å². The van der Waals surface area contributed by atoms with Gasteiger partial charge in [0.05, 0.1) is 34.8 Å². The quantitative estimate of drug-likeness (QED) is 0.490. The Morgan fingerprint density at radius 1 is 1.24 bits per heavy atom. The van der Waals surface area contributed by atoms with Gasteiger partial charge in [0.25, 0.3) is 5.69 Å². The van der Waals surface area contributed by atoms with Crippen LogP contribution in [0.2, 0.25) is 0 Å². The van der Waals surface area contributed by atoms with Gasteiger partial charge in [0, 0.05) is 11.6 Å². The summed E-state index contributed by atoms with van der Waals surface area (Å²) in [6, 6.07) is 12.4. The highest BCUT2D eigenvalue weighted by molar-refractivity contribution is 5.99. The van der Waals surface area contributed by atoms with Crippen molar-refractivity contribution in [3.8, 4) is 17.2 Å². The second kappa shape index (κ2) is 5.84. The lowest BCUT2D eigenvalue weighted by atomic mass is 9.96. The molecule has 0 spiro atoms. The van der Waals surface area contributed by atoms with Crippen molar-refractivity contribution >= 4 is 11.7 Å². The van der Waals surface area contributed by atoms with Gasteiger partial charge in [-0.3, -0.25) is 10.1 Å². The van der Waals surface area contributed by atoms with Gasteiger partial charge in [0.1, 0.15) is 0 Å². The Balaban J connectivity index is 2.73. The lowest BCUT2D eigenvalue weighted by Crippen LogP contribution is -2.05. The van der Waals surface area contributed by atoms with Crippen LogP contribution in [0.3, 0.4) is 0 Å². The number of nitro groups is 1. The molecule has 0 atom stereocenters. The molecule has 0 aliphatic heterocycles. The number of esters is 1. The molecule has 0 unspecified atom stereocenters. The maximum absolute atomic E-state index is 11.9. The van der Waals surface area contributed by atoms with E-state index in [1.54, 1.807) is 18.2 Å². The lowest BCUT2D eigenvalue weighted by molar-refractivity contribution is -0.384. The molecule has 0 heterocycles. The van der Waals surface area contributed by atoms with Crippen molar-refractivity contribution < 1.29 is 14.5 Å². The monoisotopic (exact) mass is 282 g/mol. The van der Waals surface area contributed by atoms with Crippen molar-refractivity contribution in [2.75, 3.05) is 7.11 Å². The summed E-state index contributed by atoms with van der Waals surface area (Å²) >= 11 is 0. The predicted octanol–water partition coefficient (Wildman–Crippen LogP) is 2.92. The van der Waals surface area contributed by atoms with Gasteiger partial charge < -0.3 is 4.74 Å². The zero-order valence-corrected chi connectivity index (χ0v) is 11.1. The third kappa shape index (κ3) is 2.72. The van der Waals surface area contributed by atoms with E-state index in [1.165, 1.54) is 31.4 Å². The van der Waals surface area contributed by atoms with Gasteiger partial charge >= 0.3 is 5.97 Å². The number of para-hydroxylation sites is 1. The van der Waals surface area contributed by atoms with Gasteiger partial charge in [-0.1, -0.05) is 18.2 Å². The van der Waals surface area contributed by atoms with Gasteiger partial charge in [-0.05, 0) is 18.2 Å². The molecular weight excluding hydrogens is 272 g/mol. The smallest absolute Gasteiger partial charge is 0.338 e. The van der Waals surface area contributed by atoms with Gasteiger partial charge in [-0.2, -0.15) is 5.26 Å². The molecule has 104 valence electrons. The van der Waals surface area contributed by atoms with Crippen molar-refractivity contribution in [2.24, 2.45) is 0 Å². The lowest BCUT2D eigenvalue weighted by Gasteiger charge is -2.09. The number of hydrogen-bond donors (Lipinski definition) is 0. The minimum absolute atomic E-state index is 0.117. The SMILES string of the molecule is COC(=O)c1cc(C#N)ccc1-c1ccccc1[N+](=O)[O-]. The molecule has 0 aromatic heterocycles. The third-order valence-corrected chi connectivity index (χ3v) is 2.94. The number of hydrogen-bond acceptors (Lipinski definition) is 5. The van der Waals surface area contributed by atoms with Crippen molar-refractivity contribution in [1.82, 2.24) is 0 Å². The summed E-state index contributed by atoms with van der Waals surface area (Å²) < 4.78 is 4.68. The molecule has 0 radical (unpaired) electrons. The number of benzene rings is 2. The molecule has 0 saturated heterocycles. The maximum atomic E-state index is 11.9. The molecule has 6 nitrogen and oxygen atoms in total. The molecule has 6 heteroatoms. The van der Waals surface area contributed by atoms with Crippen LogP contribution in [-0.2, 0) is 4.74 Å². The number of carbonyl (C=O) groups excluding carboxylic acids is 1. The van der Waals surface area contributed by atoms with Gasteiger partial charge in [0.2, 0.25) is 0 Å². The molecule has 0 aliphatic carbocycles. The summed E-state index contributed by atoms with van der Waals surface area (Å²) in [4.78, 5) is 22.4. The Kier molecular flexibility index (Phi) is 3.95. The average Bonchev–Trinajstić information content (AvgIpc) is 2.53. The highest BCUT2D eigenvalue weighted by Crippen LogP contribution is 2.32. The first-order valence-corrected chi connectivity index (χ1v) is 5.94. The van der Waals surface area contributed by atoms with E-state index in [-0.39, 0.29) is 16.8 Å². The molecule has 0 saturated carbocycles. The summed E-state index contributed by atoms with van der Waals surface area (Å²) in [5.41, 5.74) is 0.927. The second-order valence-electron chi connectivity index (χ2n) is 4.14. The zero-order valence-electron chi connectivity index (χ0n) is 11.1. The van der Waals surface area contributed by atoms with E-state index >= 15 is 0 Å². The van der Waals surface area contributed by atoms with Crippen LogP contribution in [0, 0.1) is 21.4 Å². The fraction of sp³-hybridized carbons (Fsp3) is 0.0667. The number of rotatable bonds is 3. The number of ether oxygens (including phenoxy) is 1. The van der Waals surface area contributed by atoms with Crippen molar-refractivity contribution in [3.05, 3.63) is 63.7 Å². The predicted molar refractivity (Wildman–Crippen MR) is 74.6 cm³/mol. The second-order valence-corrected chi connectivity index (χ2v) is 4.14. The topological polar surface area (TPSA) is 93.2 Å². The van der Waals surface area contributed by atoms with E-state index in [0.717, 1.165) is 0 Å². The minimum Gasteiger partial charge on any atom is -0.465 e. The van der Waals surface area contributed by atoms with E-state index < -0.39 is 10.9 Å². The molecular formula is C15H10N2O4. The van der Waals surface area contributed by atoms with E-state index in [4.69, 9.17) is 5.26 Å². The largest absolute Gasteiger partial charge is 0.465 e. The summed E-state index contributed by atoms with van der Waals surface area (Å²) in [5.74, 6) is -0.653. The van der Waals surface area contributed by atoms with Gasteiger partial charge in [0.15, 0.2) is 0 Å². The van der Waals surface area contributed by atoms with Crippen LogP contribution in [0.1, 0.15) is 15.9 Å². The van der Waals surface area contributed by atoms with Crippen LogP contribution in [0.25, 0.3) is 11.1 Å². The standard InChI is InChI=1S/C15H10N2O4/c1-21-15(18)13-8-10(9-16)6-7-11(13)12-4-2-3-5-14(12)17(19)20/h2-8H,1H3. The van der Waals surface area contributed by atoms with Crippen LogP contribution in [0.5, 0.6) is 0 Å². The summed E-state index contributed by atoms with van der Waals surface area (Å²) in [7, 11) is 1.21. The summed E-state index contributed by atoms with van der Waals surface area (Å²) in [5, 5.41) is 20.0. The molecule has 2 rings (SSSR count). The molecule has 2 aromatic carbocycles. The average molecular weight is 282 g/mol. The number of nitrogens with zero attached hydrogens (tertiary/aromatic N) is 2. The number of methoxy groups -OCH3 is 1. The number of carbonyl (C=O) groups is 1. The summed E-state index contributed by atoms with van der Waals surface area (Å²) in [6.07, 6.45) is 0. The fourth-order valence-electron chi connectivity index (χ4n) is 1.99. The Hall–Kier alpha value is -3.20. The minimum atomic E-state index is -0.653. The van der Waals surface area contributed by atoms with Gasteiger partial charge in [-0.25, -0.2) is 4.79 Å². The van der Waals surface area contributed by atoms with Crippen molar-refractivity contribution in [3.63, 3.8) is 0 Å². The molecule has 2 aromatic rings. The van der Waals surface area contributed by atoms with Crippen LogP contribution in [-0.4, -0.2) is 18.0 Å². The van der Waals surface area contributed by atoms with Crippen LogP contribution in [0.4, 0.5) is 5.69 Å². The summed E-state index contributed by atoms with van der Waals surface area (Å²) in [6.45, 7) is 0. The highest BCUT2D eigenvalue weighted by atomic mass is 16.6. The fourth-order valence-corrected chi connectivity index (χ4v) is 1.99. The third-order valence-electron chi connectivity index (χ3n) is 2.94. The Labute approximate surface area is 120 Å². The molecule has 21 heavy (non-hydrogen) atoms. The maximum Gasteiger partial charge on any atom is 0.338 e. The molecule has 0 bridgehead atoms. The van der Waals surface area contributed by atoms with E-state index in [9.17, 15) is 14.9 Å². The zero-order chi connectivity index (χ0) is 15.4. The van der Waals surface area contributed by atoms with Crippen LogP contribution >= 0.6 is 0 Å². The first-order chi connectivity index (χ1) is 10.1. The molecule has 0 fully saturated rings. The van der Waals surface area contributed by atoms with Crippen LogP contribution in [0.15, 0.2) is 42.5 Å². The van der Waals surface area contributed by atoms with Gasteiger partial charge in [-0.15, -0.1) is 0 Å². The highest BCUT2D eigenvalue weighted by Gasteiger charge is 2.20. The molecule has 0 aliphatic rings. The van der Waals surface area contributed by atoms with Crippen LogP contribution < -0.4 is 0 Å².